The van der Waals surface area contributed by atoms with E-state index in [-0.39, 0.29) is 11.3 Å². The summed E-state index contributed by atoms with van der Waals surface area (Å²) in [5.74, 6) is -0.384. The highest BCUT2D eigenvalue weighted by atomic mass is 35.5. The lowest BCUT2D eigenvalue weighted by molar-refractivity contribution is 0.0998. The average Bonchev–Trinajstić information content (AvgIpc) is 2.69. The molecule has 1 aromatic heterocycles. The summed E-state index contributed by atoms with van der Waals surface area (Å²) >= 11 is 13.5. The Labute approximate surface area is 144 Å². The highest BCUT2D eigenvalue weighted by Crippen LogP contribution is 2.28. The lowest BCUT2D eigenvalue weighted by Crippen LogP contribution is -2.15. The molecule has 0 saturated carbocycles. The van der Waals surface area contributed by atoms with Crippen molar-refractivity contribution in [2.75, 3.05) is 0 Å². The van der Waals surface area contributed by atoms with Crippen molar-refractivity contribution in [3.8, 4) is 0 Å². The summed E-state index contributed by atoms with van der Waals surface area (Å²) < 4.78 is 1.93. The van der Waals surface area contributed by atoms with Gasteiger partial charge in [0.1, 0.15) is 0 Å². The number of hydrogen-bond donors (Lipinski definition) is 0. The number of aromatic nitrogens is 1. The van der Waals surface area contributed by atoms with Gasteiger partial charge < -0.3 is 4.57 Å². The number of carbonyl (C=O) groups excluding carboxylic acids is 1. The van der Waals surface area contributed by atoms with Crippen LogP contribution in [0.15, 0.2) is 23.2 Å². The van der Waals surface area contributed by atoms with Gasteiger partial charge in [0.25, 0.3) is 5.91 Å². The standard InChI is InChI=1S/C16H18Cl2N2OS/c1-9-13(16(2,3)4)22-15(20(9)5)19-14(21)11-8-10(17)6-7-12(11)18/h6-8H,1-5H3/b19-15-. The lowest BCUT2D eigenvalue weighted by atomic mass is 9.93. The van der Waals surface area contributed by atoms with Crippen molar-refractivity contribution in [2.24, 2.45) is 12.0 Å². The monoisotopic (exact) mass is 356 g/mol. The van der Waals surface area contributed by atoms with Crippen LogP contribution in [-0.2, 0) is 12.5 Å². The maximum Gasteiger partial charge on any atom is 0.281 e. The molecule has 0 N–H and O–H groups in total. The van der Waals surface area contributed by atoms with Crippen LogP contribution in [0.5, 0.6) is 0 Å². The highest BCUT2D eigenvalue weighted by molar-refractivity contribution is 7.09. The number of rotatable bonds is 1. The summed E-state index contributed by atoms with van der Waals surface area (Å²) in [6, 6.07) is 4.79. The number of hydrogen-bond acceptors (Lipinski definition) is 2. The van der Waals surface area contributed by atoms with Crippen molar-refractivity contribution in [2.45, 2.75) is 33.1 Å². The van der Waals surface area contributed by atoms with Crippen molar-refractivity contribution >= 4 is 40.4 Å². The van der Waals surface area contributed by atoms with E-state index < -0.39 is 0 Å². The predicted molar refractivity (Wildman–Crippen MR) is 93.1 cm³/mol. The smallest absolute Gasteiger partial charge is 0.281 e. The first kappa shape index (κ1) is 17.3. The summed E-state index contributed by atoms with van der Waals surface area (Å²) in [6.07, 6.45) is 0. The van der Waals surface area contributed by atoms with Gasteiger partial charge in [0.15, 0.2) is 4.80 Å². The van der Waals surface area contributed by atoms with E-state index in [4.69, 9.17) is 23.2 Å². The number of benzene rings is 1. The van der Waals surface area contributed by atoms with Crippen LogP contribution in [0.4, 0.5) is 0 Å². The van der Waals surface area contributed by atoms with Crippen LogP contribution in [-0.4, -0.2) is 10.5 Å². The Morgan fingerprint density at radius 1 is 1.27 bits per heavy atom. The molecule has 0 spiro atoms. The first-order chi connectivity index (χ1) is 10.1. The van der Waals surface area contributed by atoms with E-state index in [0.717, 1.165) is 5.69 Å². The third kappa shape index (κ3) is 3.45. The van der Waals surface area contributed by atoms with Gasteiger partial charge in [0.05, 0.1) is 10.6 Å². The van der Waals surface area contributed by atoms with Gasteiger partial charge in [-0.3, -0.25) is 4.79 Å². The van der Waals surface area contributed by atoms with Gasteiger partial charge in [-0.2, -0.15) is 4.99 Å². The zero-order chi connectivity index (χ0) is 16.7. The Balaban J connectivity index is 2.54. The second-order valence-corrected chi connectivity index (χ2v) is 7.97. The maximum absolute atomic E-state index is 12.4. The largest absolute Gasteiger partial charge is 0.324 e. The quantitative estimate of drug-likeness (QED) is 0.726. The zero-order valence-corrected chi connectivity index (χ0v) is 15.5. The summed E-state index contributed by atoms with van der Waals surface area (Å²) in [4.78, 5) is 18.5. The minimum absolute atomic E-state index is 0.0109. The van der Waals surface area contributed by atoms with E-state index in [1.165, 1.54) is 16.2 Å². The lowest BCUT2D eigenvalue weighted by Gasteiger charge is -2.17. The molecule has 2 rings (SSSR count). The molecule has 2 aromatic rings. The topological polar surface area (TPSA) is 34.4 Å². The Morgan fingerprint density at radius 2 is 1.91 bits per heavy atom. The minimum atomic E-state index is -0.384. The molecule has 1 aromatic carbocycles. The first-order valence-corrected chi connectivity index (χ1v) is 8.39. The highest BCUT2D eigenvalue weighted by Gasteiger charge is 2.21. The van der Waals surface area contributed by atoms with Crippen LogP contribution in [0.3, 0.4) is 0 Å². The summed E-state index contributed by atoms with van der Waals surface area (Å²) in [5.41, 5.74) is 1.44. The normalized spacial score (nSPS) is 12.8. The van der Waals surface area contributed by atoms with E-state index in [9.17, 15) is 4.79 Å². The molecule has 0 aliphatic heterocycles. The Morgan fingerprint density at radius 3 is 2.45 bits per heavy atom. The maximum atomic E-state index is 12.4. The molecular formula is C16H18Cl2N2OS. The number of amides is 1. The molecule has 0 radical (unpaired) electrons. The van der Waals surface area contributed by atoms with E-state index in [0.29, 0.717) is 20.4 Å². The molecule has 0 bridgehead atoms. The van der Waals surface area contributed by atoms with Crippen molar-refractivity contribution in [1.29, 1.82) is 0 Å². The number of thiazole rings is 1. The SMILES string of the molecule is Cc1c(C(C)(C)C)s/c(=N\C(=O)c2cc(Cl)ccc2Cl)n1C. The van der Waals surface area contributed by atoms with Crippen LogP contribution in [0, 0.1) is 6.92 Å². The third-order valence-electron chi connectivity index (χ3n) is 3.35. The Hall–Kier alpha value is -1.10. The zero-order valence-electron chi connectivity index (χ0n) is 13.2. The van der Waals surface area contributed by atoms with Crippen LogP contribution in [0.2, 0.25) is 10.0 Å². The van der Waals surface area contributed by atoms with Crippen LogP contribution in [0.25, 0.3) is 0 Å². The molecule has 0 aliphatic carbocycles. The van der Waals surface area contributed by atoms with Crippen molar-refractivity contribution in [3.63, 3.8) is 0 Å². The second kappa shape index (κ2) is 6.19. The number of halogens is 2. The van der Waals surface area contributed by atoms with Crippen molar-refractivity contribution in [1.82, 2.24) is 4.57 Å². The van der Waals surface area contributed by atoms with Gasteiger partial charge in [-0.15, -0.1) is 11.3 Å². The van der Waals surface area contributed by atoms with Crippen molar-refractivity contribution < 1.29 is 4.79 Å². The summed E-state index contributed by atoms with van der Waals surface area (Å²) in [5, 5.41) is 0.815. The number of carbonyl (C=O) groups is 1. The van der Waals surface area contributed by atoms with E-state index in [1.807, 2.05) is 18.5 Å². The van der Waals surface area contributed by atoms with Gasteiger partial charge >= 0.3 is 0 Å². The molecule has 0 atom stereocenters. The Kier molecular flexibility index (Phi) is 4.85. The molecule has 3 nitrogen and oxygen atoms in total. The molecule has 0 fully saturated rings. The fourth-order valence-electron chi connectivity index (χ4n) is 2.13. The summed E-state index contributed by atoms with van der Waals surface area (Å²) in [6.45, 7) is 8.47. The van der Waals surface area contributed by atoms with Crippen LogP contribution >= 0.6 is 34.5 Å². The Bertz CT molecular complexity index is 797. The van der Waals surface area contributed by atoms with Gasteiger partial charge in [-0.25, -0.2) is 0 Å². The molecule has 1 heterocycles. The fourth-order valence-corrected chi connectivity index (χ4v) is 3.68. The molecule has 22 heavy (non-hydrogen) atoms. The predicted octanol–water partition coefficient (Wildman–Crippen LogP) is 4.74. The number of nitrogens with zero attached hydrogens (tertiary/aromatic N) is 2. The molecule has 0 unspecified atom stereocenters. The van der Waals surface area contributed by atoms with Crippen LogP contribution in [0.1, 0.15) is 41.7 Å². The van der Waals surface area contributed by atoms with Gasteiger partial charge in [0.2, 0.25) is 0 Å². The van der Waals surface area contributed by atoms with E-state index in [2.05, 4.69) is 25.8 Å². The van der Waals surface area contributed by atoms with E-state index >= 15 is 0 Å². The minimum Gasteiger partial charge on any atom is -0.324 e. The fraction of sp³-hybridized carbons (Fsp3) is 0.375. The molecule has 1 amide bonds. The van der Waals surface area contributed by atoms with Gasteiger partial charge in [-0.1, -0.05) is 44.0 Å². The second-order valence-electron chi connectivity index (χ2n) is 6.15. The van der Waals surface area contributed by atoms with Crippen molar-refractivity contribution in [3.05, 3.63) is 49.2 Å². The molecule has 118 valence electrons. The van der Waals surface area contributed by atoms with Gasteiger partial charge in [0, 0.05) is 22.6 Å². The van der Waals surface area contributed by atoms with Gasteiger partial charge in [-0.05, 0) is 30.5 Å². The average molecular weight is 357 g/mol. The third-order valence-corrected chi connectivity index (χ3v) is 5.57. The van der Waals surface area contributed by atoms with Crippen LogP contribution < -0.4 is 4.80 Å². The molecule has 0 saturated heterocycles. The van der Waals surface area contributed by atoms with E-state index in [1.54, 1.807) is 18.2 Å². The first-order valence-electron chi connectivity index (χ1n) is 6.82. The molecule has 6 heteroatoms. The molecular weight excluding hydrogens is 339 g/mol. The molecule has 0 aliphatic rings. The summed E-state index contributed by atoms with van der Waals surface area (Å²) in [7, 11) is 1.91.